The first-order valence-corrected chi connectivity index (χ1v) is 12.4. The minimum atomic E-state index is -0.947. The number of aromatic amines is 1. The van der Waals surface area contributed by atoms with Crippen LogP contribution in [0.2, 0.25) is 5.02 Å². The molecule has 34 heavy (non-hydrogen) atoms. The van der Waals surface area contributed by atoms with Crippen LogP contribution < -0.4 is 0 Å². The fourth-order valence-electron chi connectivity index (χ4n) is 6.33. The normalized spacial score (nSPS) is 24.6. The second-order valence-corrected chi connectivity index (χ2v) is 10.5. The number of rotatable bonds is 4. The summed E-state index contributed by atoms with van der Waals surface area (Å²) in [5, 5.41) is 24.6. The lowest BCUT2D eigenvalue weighted by Crippen LogP contribution is -2.66. The van der Waals surface area contributed by atoms with Gasteiger partial charge >= 0.3 is 0 Å². The molecule has 174 valence electrons. The Morgan fingerprint density at radius 3 is 2.65 bits per heavy atom. The van der Waals surface area contributed by atoms with E-state index in [1.165, 1.54) is 16.8 Å². The number of hydrogen-bond acceptors (Lipinski definition) is 3. The fourth-order valence-corrected chi connectivity index (χ4v) is 6.50. The average Bonchev–Trinajstić information content (AvgIpc) is 3.16. The summed E-state index contributed by atoms with van der Waals surface area (Å²) >= 11 is 6.27. The number of phenols is 1. The topological polar surface area (TPSA) is 59.5 Å². The monoisotopic (exact) mass is 472 g/mol. The molecular formula is C29H29ClN2O2. The minimum Gasteiger partial charge on any atom is -0.508 e. The van der Waals surface area contributed by atoms with Crippen molar-refractivity contribution in [3.63, 3.8) is 0 Å². The minimum absolute atomic E-state index is 0.245. The number of hydrogen-bond donors (Lipinski definition) is 3. The van der Waals surface area contributed by atoms with Crippen molar-refractivity contribution < 1.29 is 10.2 Å². The number of halogens is 1. The Bertz CT molecular complexity index is 1350. The summed E-state index contributed by atoms with van der Waals surface area (Å²) < 4.78 is 0. The van der Waals surface area contributed by atoms with Crippen LogP contribution in [-0.2, 0) is 24.7 Å². The molecule has 5 heteroatoms. The van der Waals surface area contributed by atoms with E-state index in [4.69, 9.17) is 11.6 Å². The number of nitrogens with zero attached hydrogens (tertiary/aromatic N) is 1. The first-order chi connectivity index (χ1) is 16.5. The lowest BCUT2D eigenvalue weighted by Gasteiger charge is -2.56. The van der Waals surface area contributed by atoms with E-state index in [0.717, 1.165) is 42.4 Å². The van der Waals surface area contributed by atoms with Crippen molar-refractivity contribution in [3.05, 3.63) is 100 Å². The molecule has 2 aliphatic rings. The smallest absolute Gasteiger partial charge is 0.115 e. The summed E-state index contributed by atoms with van der Waals surface area (Å²) in [6, 6.07) is 24.0. The summed E-state index contributed by atoms with van der Waals surface area (Å²) in [4.78, 5) is 6.01. The van der Waals surface area contributed by atoms with Gasteiger partial charge < -0.3 is 20.1 Å². The lowest BCUT2D eigenvalue weighted by molar-refractivity contribution is -0.102. The molecule has 0 spiro atoms. The van der Waals surface area contributed by atoms with Crippen LogP contribution >= 0.6 is 11.6 Å². The number of likely N-dealkylation sites (tertiary alicyclic amines) is 1. The molecule has 0 amide bonds. The number of aromatic nitrogens is 1. The van der Waals surface area contributed by atoms with Gasteiger partial charge in [-0.3, -0.25) is 0 Å². The molecule has 3 N–H and O–H groups in total. The third-order valence-corrected chi connectivity index (χ3v) is 8.33. The van der Waals surface area contributed by atoms with E-state index in [0.29, 0.717) is 24.4 Å². The third kappa shape index (κ3) is 3.52. The van der Waals surface area contributed by atoms with E-state index in [-0.39, 0.29) is 5.75 Å². The lowest BCUT2D eigenvalue weighted by atomic mass is 9.56. The number of aliphatic hydroxyl groups is 1. The molecule has 0 bridgehead atoms. The second-order valence-electron chi connectivity index (χ2n) is 10.1. The number of aromatic hydroxyl groups is 1. The number of H-pyrrole nitrogens is 1. The maximum absolute atomic E-state index is 12.5. The molecule has 2 unspecified atom stereocenters. The van der Waals surface area contributed by atoms with Gasteiger partial charge in [0.25, 0.3) is 0 Å². The van der Waals surface area contributed by atoms with Gasteiger partial charge in [-0.15, -0.1) is 0 Å². The van der Waals surface area contributed by atoms with Crippen LogP contribution in [-0.4, -0.2) is 45.3 Å². The zero-order valence-electron chi connectivity index (χ0n) is 19.1. The summed E-state index contributed by atoms with van der Waals surface area (Å²) in [5.41, 5.74) is 4.30. The molecule has 0 saturated carbocycles. The van der Waals surface area contributed by atoms with Crippen LogP contribution in [0.4, 0.5) is 0 Å². The van der Waals surface area contributed by atoms with Gasteiger partial charge in [0.15, 0.2) is 0 Å². The van der Waals surface area contributed by atoms with Crippen molar-refractivity contribution in [2.45, 2.75) is 36.7 Å². The van der Waals surface area contributed by atoms with Crippen LogP contribution in [0.5, 0.6) is 5.75 Å². The Morgan fingerprint density at radius 1 is 0.971 bits per heavy atom. The average molecular weight is 473 g/mol. The van der Waals surface area contributed by atoms with Gasteiger partial charge in [0.1, 0.15) is 5.75 Å². The van der Waals surface area contributed by atoms with Gasteiger partial charge in [0.05, 0.1) is 5.60 Å². The molecule has 4 aromatic rings. The van der Waals surface area contributed by atoms with Gasteiger partial charge in [0, 0.05) is 53.0 Å². The summed E-state index contributed by atoms with van der Waals surface area (Å²) in [6.45, 7) is 2.43. The van der Waals surface area contributed by atoms with Gasteiger partial charge in [-0.2, -0.15) is 0 Å². The molecule has 1 aliphatic carbocycles. The van der Waals surface area contributed by atoms with E-state index in [1.807, 2.05) is 30.3 Å². The molecule has 1 saturated heterocycles. The van der Waals surface area contributed by atoms with Crippen LogP contribution in [0.25, 0.3) is 10.9 Å². The van der Waals surface area contributed by atoms with E-state index >= 15 is 0 Å². The molecule has 4 nitrogen and oxygen atoms in total. The van der Waals surface area contributed by atoms with Crippen LogP contribution in [0.3, 0.4) is 0 Å². The molecule has 2 atom stereocenters. The Labute approximate surface area is 204 Å². The first kappa shape index (κ1) is 21.7. The molecule has 1 fully saturated rings. The molecule has 3 aromatic carbocycles. The van der Waals surface area contributed by atoms with Crippen molar-refractivity contribution in [1.29, 1.82) is 0 Å². The van der Waals surface area contributed by atoms with Crippen molar-refractivity contribution >= 4 is 22.5 Å². The Balaban J connectivity index is 1.40. The SMILES string of the molecule is Oc1cccc(C23CCN(CCc4ccccc4)CC2(O)Cc2c([nH]c4cc(Cl)ccc24)C3)c1. The number of β-amino-alcohol motifs (C(OH)–C–C–N with tert-alkyl or cyclic N) is 1. The summed E-state index contributed by atoms with van der Waals surface area (Å²) in [5.74, 6) is 0.245. The predicted molar refractivity (Wildman–Crippen MR) is 137 cm³/mol. The highest BCUT2D eigenvalue weighted by Crippen LogP contribution is 2.51. The van der Waals surface area contributed by atoms with Gasteiger partial charge in [0.2, 0.25) is 0 Å². The largest absolute Gasteiger partial charge is 0.508 e. The number of phenolic OH excluding ortho intramolecular Hbond substituents is 1. The standard InChI is InChI=1S/C29H29ClN2O2/c30-22-9-10-24-25-17-29(34)19-32(13-11-20-5-2-1-3-6-20)14-12-28(29,18-27(25)31-26(24)16-22)21-7-4-8-23(33)15-21/h1-10,15-16,31,33-34H,11-14,17-19H2. The van der Waals surface area contributed by atoms with Crippen molar-refractivity contribution in [2.75, 3.05) is 19.6 Å². The zero-order valence-corrected chi connectivity index (χ0v) is 19.9. The second kappa shape index (κ2) is 8.16. The van der Waals surface area contributed by atoms with E-state index < -0.39 is 11.0 Å². The third-order valence-electron chi connectivity index (χ3n) is 8.09. The Morgan fingerprint density at radius 2 is 1.82 bits per heavy atom. The zero-order chi connectivity index (χ0) is 23.3. The van der Waals surface area contributed by atoms with Crippen molar-refractivity contribution in [2.24, 2.45) is 0 Å². The Hall–Kier alpha value is -2.79. The van der Waals surface area contributed by atoms with Crippen LogP contribution in [0.15, 0.2) is 72.8 Å². The highest BCUT2D eigenvalue weighted by molar-refractivity contribution is 6.31. The van der Waals surface area contributed by atoms with Gasteiger partial charge in [-0.05, 0) is 60.3 Å². The first-order valence-electron chi connectivity index (χ1n) is 12.0. The van der Waals surface area contributed by atoms with Gasteiger partial charge in [-0.1, -0.05) is 60.1 Å². The summed E-state index contributed by atoms with van der Waals surface area (Å²) in [7, 11) is 0. The number of piperidine rings is 1. The van der Waals surface area contributed by atoms with E-state index in [2.05, 4.69) is 46.3 Å². The van der Waals surface area contributed by atoms with E-state index in [9.17, 15) is 10.2 Å². The quantitative estimate of drug-likeness (QED) is 0.380. The molecule has 0 radical (unpaired) electrons. The number of nitrogens with one attached hydrogen (secondary N) is 1. The molecule has 2 heterocycles. The van der Waals surface area contributed by atoms with Crippen molar-refractivity contribution in [1.82, 2.24) is 9.88 Å². The number of fused-ring (bicyclic) bond motifs is 4. The summed E-state index contributed by atoms with van der Waals surface area (Å²) in [6.07, 6.45) is 3.08. The maximum Gasteiger partial charge on any atom is 0.115 e. The highest BCUT2D eigenvalue weighted by Gasteiger charge is 2.57. The molecular weight excluding hydrogens is 444 g/mol. The number of benzene rings is 3. The van der Waals surface area contributed by atoms with E-state index in [1.54, 1.807) is 6.07 Å². The van der Waals surface area contributed by atoms with Crippen molar-refractivity contribution in [3.8, 4) is 5.75 Å². The van der Waals surface area contributed by atoms with Crippen LogP contribution in [0, 0.1) is 0 Å². The maximum atomic E-state index is 12.5. The highest BCUT2D eigenvalue weighted by atomic mass is 35.5. The Kier molecular flexibility index (Phi) is 5.21. The molecule has 1 aliphatic heterocycles. The fraction of sp³-hybridized carbons (Fsp3) is 0.310. The molecule has 6 rings (SSSR count). The molecule has 1 aromatic heterocycles. The van der Waals surface area contributed by atoms with Crippen LogP contribution in [0.1, 0.15) is 28.8 Å². The van der Waals surface area contributed by atoms with Gasteiger partial charge in [-0.25, -0.2) is 0 Å². The predicted octanol–water partition coefficient (Wildman–Crippen LogP) is 5.24.